The maximum absolute atomic E-state index is 12.7. The van der Waals surface area contributed by atoms with Gasteiger partial charge in [-0.05, 0) is 48.9 Å². The topological polar surface area (TPSA) is 84.5 Å². The van der Waals surface area contributed by atoms with Crippen molar-refractivity contribution in [3.8, 4) is 5.75 Å². The first-order valence-corrected chi connectivity index (χ1v) is 12.0. The minimum absolute atomic E-state index is 0.0179. The highest BCUT2D eigenvalue weighted by Gasteiger charge is 2.20. The van der Waals surface area contributed by atoms with Crippen molar-refractivity contribution in [2.75, 3.05) is 11.9 Å². The summed E-state index contributed by atoms with van der Waals surface area (Å²) in [6.45, 7) is 1.40. The van der Waals surface area contributed by atoms with Crippen LogP contribution >= 0.6 is 34.8 Å². The number of carbonyl (C=O) groups excluding carboxylic acids is 1. The SMILES string of the molecule is C[C@@H](NS(=O)(=O)c1ccc(OCC(=O)Nc2cc(Cl)cc(Cl)c2)c(Cl)c1)c1ccccc1. The van der Waals surface area contributed by atoms with Crippen LogP contribution in [0.4, 0.5) is 5.69 Å². The zero-order chi connectivity index (χ0) is 23.3. The smallest absolute Gasteiger partial charge is 0.262 e. The lowest BCUT2D eigenvalue weighted by molar-refractivity contribution is -0.118. The van der Waals surface area contributed by atoms with Crippen molar-refractivity contribution >= 4 is 56.4 Å². The fourth-order valence-electron chi connectivity index (χ4n) is 2.84. The molecular formula is C22H19Cl3N2O4S. The van der Waals surface area contributed by atoms with E-state index in [0.717, 1.165) is 5.56 Å². The van der Waals surface area contributed by atoms with E-state index in [2.05, 4.69) is 10.0 Å². The van der Waals surface area contributed by atoms with E-state index in [-0.39, 0.29) is 22.3 Å². The first-order valence-electron chi connectivity index (χ1n) is 9.39. The van der Waals surface area contributed by atoms with Crippen molar-refractivity contribution in [1.29, 1.82) is 0 Å². The van der Waals surface area contributed by atoms with Crippen molar-refractivity contribution in [3.05, 3.63) is 87.4 Å². The van der Waals surface area contributed by atoms with Crippen LogP contribution < -0.4 is 14.8 Å². The maximum Gasteiger partial charge on any atom is 0.262 e. The summed E-state index contributed by atoms with van der Waals surface area (Å²) in [5, 5.41) is 3.42. The fraction of sp³-hybridized carbons (Fsp3) is 0.136. The molecule has 32 heavy (non-hydrogen) atoms. The fourth-order valence-corrected chi connectivity index (χ4v) is 4.93. The minimum atomic E-state index is -3.82. The number of anilines is 1. The number of ether oxygens (including phenoxy) is 1. The van der Waals surface area contributed by atoms with Crippen molar-refractivity contribution in [3.63, 3.8) is 0 Å². The molecule has 0 fully saturated rings. The van der Waals surface area contributed by atoms with Gasteiger partial charge < -0.3 is 10.1 Å². The summed E-state index contributed by atoms with van der Waals surface area (Å²) in [6, 6.07) is 17.4. The molecule has 0 bridgehead atoms. The summed E-state index contributed by atoms with van der Waals surface area (Å²) in [5.41, 5.74) is 1.25. The van der Waals surface area contributed by atoms with Crippen LogP contribution in [0.25, 0.3) is 0 Å². The lowest BCUT2D eigenvalue weighted by atomic mass is 10.1. The molecule has 1 atom stereocenters. The van der Waals surface area contributed by atoms with Crippen molar-refractivity contribution in [2.45, 2.75) is 17.9 Å². The van der Waals surface area contributed by atoms with Crippen LogP contribution in [-0.4, -0.2) is 20.9 Å². The lowest BCUT2D eigenvalue weighted by Gasteiger charge is -2.15. The Bertz CT molecular complexity index is 1200. The third kappa shape index (κ3) is 6.60. The van der Waals surface area contributed by atoms with Gasteiger partial charge in [0.05, 0.1) is 9.92 Å². The molecule has 0 unspecified atom stereocenters. The Hall–Kier alpha value is -2.29. The van der Waals surface area contributed by atoms with E-state index >= 15 is 0 Å². The summed E-state index contributed by atoms with van der Waals surface area (Å²) in [5.74, 6) is -0.296. The zero-order valence-electron chi connectivity index (χ0n) is 16.8. The average Bonchev–Trinajstić information content (AvgIpc) is 2.72. The number of carbonyl (C=O) groups is 1. The van der Waals surface area contributed by atoms with Gasteiger partial charge in [-0.1, -0.05) is 65.1 Å². The van der Waals surface area contributed by atoms with Crippen LogP contribution in [0.2, 0.25) is 15.1 Å². The molecule has 3 rings (SSSR count). The van der Waals surface area contributed by atoms with Gasteiger partial charge in [0.25, 0.3) is 5.91 Å². The van der Waals surface area contributed by atoms with Gasteiger partial charge in [-0.3, -0.25) is 4.79 Å². The van der Waals surface area contributed by atoms with Gasteiger partial charge in [0, 0.05) is 21.8 Å². The van der Waals surface area contributed by atoms with Crippen LogP contribution in [0.15, 0.2) is 71.6 Å². The molecule has 0 saturated heterocycles. The molecule has 0 radical (unpaired) electrons. The molecule has 2 N–H and O–H groups in total. The largest absolute Gasteiger partial charge is 0.482 e. The molecule has 0 spiro atoms. The summed E-state index contributed by atoms with van der Waals surface area (Å²) in [4.78, 5) is 12.1. The average molecular weight is 514 g/mol. The highest BCUT2D eigenvalue weighted by atomic mass is 35.5. The van der Waals surface area contributed by atoms with Gasteiger partial charge in [-0.2, -0.15) is 0 Å². The van der Waals surface area contributed by atoms with Crippen molar-refractivity contribution < 1.29 is 17.9 Å². The van der Waals surface area contributed by atoms with Crippen molar-refractivity contribution in [1.82, 2.24) is 4.72 Å². The monoisotopic (exact) mass is 512 g/mol. The first kappa shape index (κ1) is 24.4. The third-order valence-electron chi connectivity index (χ3n) is 4.35. The van der Waals surface area contributed by atoms with Gasteiger partial charge in [0.15, 0.2) is 6.61 Å². The van der Waals surface area contributed by atoms with Crippen LogP contribution in [0, 0.1) is 0 Å². The van der Waals surface area contributed by atoms with Gasteiger partial charge >= 0.3 is 0 Å². The quantitative estimate of drug-likeness (QED) is 0.404. The second kappa shape index (κ2) is 10.6. The predicted molar refractivity (Wildman–Crippen MR) is 127 cm³/mol. The molecule has 0 saturated carbocycles. The molecule has 3 aromatic carbocycles. The maximum atomic E-state index is 12.7. The second-order valence-corrected chi connectivity index (χ2v) is 9.83. The third-order valence-corrected chi connectivity index (χ3v) is 6.62. The van der Waals surface area contributed by atoms with Crippen molar-refractivity contribution in [2.24, 2.45) is 0 Å². The normalized spacial score (nSPS) is 12.2. The summed E-state index contributed by atoms with van der Waals surface area (Å²) in [6.07, 6.45) is 0. The van der Waals surface area contributed by atoms with Crippen LogP contribution in [0.5, 0.6) is 5.75 Å². The van der Waals surface area contributed by atoms with Gasteiger partial charge in [0.2, 0.25) is 10.0 Å². The van der Waals surface area contributed by atoms with Crippen LogP contribution in [0.1, 0.15) is 18.5 Å². The van der Waals surface area contributed by atoms with Crippen LogP contribution in [-0.2, 0) is 14.8 Å². The summed E-state index contributed by atoms with van der Waals surface area (Å²) in [7, 11) is -3.82. The van der Waals surface area contributed by atoms with E-state index in [1.54, 1.807) is 25.1 Å². The molecule has 3 aromatic rings. The van der Waals surface area contributed by atoms with Crippen LogP contribution in [0.3, 0.4) is 0 Å². The number of halogens is 3. The Morgan fingerprint density at radius 2 is 1.62 bits per heavy atom. The molecule has 0 aromatic heterocycles. The molecule has 10 heteroatoms. The number of hydrogen-bond donors (Lipinski definition) is 2. The second-order valence-electron chi connectivity index (χ2n) is 6.84. The van der Waals surface area contributed by atoms with E-state index < -0.39 is 22.0 Å². The number of benzene rings is 3. The Kier molecular flexibility index (Phi) is 8.03. The zero-order valence-corrected chi connectivity index (χ0v) is 19.9. The molecule has 0 heterocycles. The van der Waals surface area contributed by atoms with E-state index in [1.165, 1.54) is 18.2 Å². The molecule has 0 aliphatic heterocycles. The number of nitrogens with one attached hydrogen (secondary N) is 2. The Balaban J connectivity index is 1.63. The molecular weight excluding hydrogens is 495 g/mol. The van der Waals surface area contributed by atoms with Gasteiger partial charge in [-0.25, -0.2) is 13.1 Å². The Morgan fingerprint density at radius 3 is 2.25 bits per heavy atom. The number of amides is 1. The highest BCUT2D eigenvalue weighted by Crippen LogP contribution is 2.28. The lowest BCUT2D eigenvalue weighted by Crippen LogP contribution is -2.27. The first-order chi connectivity index (χ1) is 15.1. The van der Waals surface area contributed by atoms with Gasteiger partial charge in [-0.15, -0.1) is 0 Å². The number of rotatable bonds is 8. The summed E-state index contributed by atoms with van der Waals surface area (Å²) < 4.78 is 33.4. The Labute approximate surface area is 201 Å². The minimum Gasteiger partial charge on any atom is -0.482 e. The number of hydrogen-bond acceptors (Lipinski definition) is 4. The van der Waals surface area contributed by atoms with E-state index in [0.29, 0.717) is 15.7 Å². The molecule has 0 aliphatic rings. The molecule has 6 nitrogen and oxygen atoms in total. The highest BCUT2D eigenvalue weighted by molar-refractivity contribution is 7.89. The standard InChI is InChI=1S/C22H19Cl3N2O4S/c1-14(15-5-3-2-4-6-15)27-32(29,30)19-7-8-21(20(25)12-19)31-13-22(28)26-18-10-16(23)9-17(24)11-18/h2-12,14,27H,13H2,1H3,(H,26,28)/t14-/m1/s1. The molecule has 168 valence electrons. The predicted octanol–water partition coefficient (Wildman–Crippen LogP) is 5.70. The van der Waals surface area contributed by atoms with E-state index in [1.807, 2.05) is 30.3 Å². The summed E-state index contributed by atoms with van der Waals surface area (Å²) >= 11 is 18.0. The number of sulfonamides is 1. The van der Waals surface area contributed by atoms with E-state index in [9.17, 15) is 13.2 Å². The van der Waals surface area contributed by atoms with E-state index in [4.69, 9.17) is 39.5 Å². The Morgan fingerprint density at radius 1 is 0.969 bits per heavy atom. The molecule has 0 aliphatic carbocycles. The van der Waals surface area contributed by atoms with Gasteiger partial charge in [0.1, 0.15) is 5.75 Å². The molecule has 1 amide bonds.